The SMILES string of the molecule is Nc1cc([N+](=O)[O-])ccc1-c1ccccc1S. The van der Waals surface area contributed by atoms with Gasteiger partial charge in [0.15, 0.2) is 0 Å². The number of nitrogen functional groups attached to an aromatic ring is 1. The number of nitrogens with zero attached hydrogens (tertiary/aromatic N) is 1. The molecule has 2 aromatic carbocycles. The summed E-state index contributed by atoms with van der Waals surface area (Å²) in [7, 11) is 0. The molecule has 4 nitrogen and oxygen atoms in total. The average Bonchev–Trinajstić information content (AvgIpc) is 2.30. The Kier molecular flexibility index (Phi) is 3.01. The first kappa shape index (κ1) is 11.5. The lowest BCUT2D eigenvalue weighted by Gasteiger charge is -2.07. The van der Waals surface area contributed by atoms with Gasteiger partial charge in [-0.25, -0.2) is 0 Å². The van der Waals surface area contributed by atoms with Crippen molar-refractivity contribution < 1.29 is 4.92 Å². The molecule has 0 spiro atoms. The van der Waals surface area contributed by atoms with E-state index in [1.54, 1.807) is 6.07 Å². The summed E-state index contributed by atoms with van der Waals surface area (Å²) in [6.07, 6.45) is 0. The second-order valence-corrected chi connectivity index (χ2v) is 4.03. The molecule has 0 radical (unpaired) electrons. The van der Waals surface area contributed by atoms with Gasteiger partial charge in [-0.1, -0.05) is 18.2 Å². The van der Waals surface area contributed by atoms with Crippen LogP contribution < -0.4 is 5.73 Å². The van der Waals surface area contributed by atoms with E-state index >= 15 is 0 Å². The minimum atomic E-state index is -0.466. The Morgan fingerprint density at radius 2 is 1.82 bits per heavy atom. The van der Waals surface area contributed by atoms with Crippen molar-refractivity contribution in [2.24, 2.45) is 0 Å². The van der Waals surface area contributed by atoms with E-state index in [0.29, 0.717) is 5.69 Å². The van der Waals surface area contributed by atoms with Gasteiger partial charge in [0.1, 0.15) is 0 Å². The Hall–Kier alpha value is -2.01. The van der Waals surface area contributed by atoms with Crippen molar-refractivity contribution in [3.05, 3.63) is 52.6 Å². The summed E-state index contributed by atoms with van der Waals surface area (Å²) in [5.41, 5.74) is 7.80. The van der Waals surface area contributed by atoms with E-state index in [1.165, 1.54) is 12.1 Å². The van der Waals surface area contributed by atoms with Gasteiger partial charge in [0, 0.05) is 28.3 Å². The lowest BCUT2D eigenvalue weighted by atomic mass is 10.0. The first-order valence-electron chi connectivity index (χ1n) is 4.92. The van der Waals surface area contributed by atoms with E-state index in [9.17, 15) is 10.1 Å². The number of anilines is 1. The van der Waals surface area contributed by atoms with Crippen LogP contribution in [0.5, 0.6) is 0 Å². The maximum absolute atomic E-state index is 10.6. The Morgan fingerprint density at radius 1 is 1.12 bits per heavy atom. The zero-order valence-electron chi connectivity index (χ0n) is 8.83. The van der Waals surface area contributed by atoms with E-state index in [-0.39, 0.29) is 5.69 Å². The average molecular weight is 246 g/mol. The fourth-order valence-electron chi connectivity index (χ4n) is 1.61. The zero-order valence-corrected chi connectivity index (χ0v) is 9.72. The van der Waals surface area contributed by atoms with E-state index in [0.717, 1.165) is 16.0 Å². The molecule has 0 saturated heterocycles. The van der Waals surface area contributed by atoms with Crippen LogP contribution in [0.3, 0.4) is 0 Å². The quantitative estimate of drug-likeness (QED) is 0.370. The smallest absolute Gasteiger partial charge is 0.271 e. The molecule has 0 amide bonds. The van der Waals surface area contributed by atoms with E-state index in [2.05, 4.69) is 12.6 Å². The van der Waals surface area contributed by atoms with E-state index in [1.807, 2.05) is 24.3 Å². The summed E-state index contributed by atoms with van der Waals surface area (Å²) in [5.74, 6) is 0. The second kappa shape index (κ2) is 4.47. The number of nitrogens with two attached hydrogens (primary N) is 1. The topological polar surface area (TPSA) is 69.2 Å². The molecular weight excluding hydrogens is 236 g/mol. The molecule has 17 heavy (non-hydrogen) atoms. The van der Waals surface area contributed by atoms with Gasteiger partial charge < -0.3 is 5.73 Å². The molecule has 2 rings (SSSR count). The highest BCUT2D eigenvalue weighted by molar-refractivity contribution is 7.80. The molecule has 0 aliphatic heterocycles. The maximum Gasteiger partial charge on any atom is 0.271 e. The van der Waals surface area contributed by atoms with Crippen LogP contribution in [0.4, 0.5) is 11.4 Å². The molecule has 0 aromatic heterocycles. The van der Waals surface area contributed by atoms with Crippen LogP contribution in [-0.4, -0.2) is 4.92 Å². The van der Waals surface area contributed by atoms with E-state index < -0.39 is 4.92 Å². The number of hydrogen-bond donors (Lipinski definition) is 2. The van der Waals surface area contributed by atoms with Crippen molar-refractivity contribution in [3.8, 4) is 11.1 Å². The molecular formula is C12H10N2O2S. The molecule has 0 aliphatic carbocycles. The highest BCUT2D eigenvalue weighted by atomic mass is 32.1. The third-order valence-electron chi connectivity index (χ3n) is 2.44. The highest BCUT2D eigenvalue weighted by Crippen LogP contribution is 2.32. The number of benzene rings is 2. The fraction of sp³-hybridized carbons (Fsp3) is 0. The minimum Gasteiger partial charge on any atom is -0.398 e. The van der Waals surface area contributed by atoms with Crippen molar-refractivity contribution in [1.29, 1.82) is 0 Å². The summed E-state index contributed by atoms with van der Waals surface area (Å²) < 4.78 is 0. The summed E-state index contributed by atoms with van der Waals surface area (Å²) in [4.78, 5) is 10.9. The predicted molar refractivity (Wildman–Crippen MR) is 70.2 cm³/mol. The number of thiol groups is 1. The van der Waals surface area contributed by atoms with Crippen LogP contribution in [0.2, 0.25) is 0 Å². The fourth-order valence-corrected chi connectivity index (χ4v) is 1.89. The molecule has 2 aromatic rings. The minimum absolute atomic E-state index is 0.0112. The second-order valence-electron chi connectivity index (χ2n) is 3.55. The highest BCUT2D eigenvalue weighted by Gasteiger charge is 2.11. The van der Waals surface area contributed by atoms with Crippen LogP contribution in [0.25, 0.3) is 11.1 Å². The zero-order chi connectivity index (χ0) is 12.4. The lowest BCUT2D eigenvalue weighted by molar-refractivity contribution is -0.384. The van der Waals surface area contributed by atoms with Gasteiger partial charge in [-0.15, -0.1) is 12.6 Å². The number of non-ortho nitro benzene ring substituents is 1. The van der Waals surface area contributed by atoms with Gasteiger partial charge in [0.25, 0.3) is 5.69 Å². The van der Waals surface area contributed by atoms with Crippen LogP contribution in [0.1, 0.15) is 0 Å². The van der Waals surface area contributed by atoms with Crippen molar-refractivity contribution in [2.75, 3.05) is 5.73 Å². The molecule has 0 fully saturated rings. The van der Waals surface area contributed by atoms with Crippen molar-refractivity contribution in [1.82, 2.24) is 0 Å². The number of rotatable bonds is 2. The molecule has 0 heterocycles. The summed E-state index contributed by atoms with van der Waals surface area (Å²) in [5, 5.41) is 10.6. The van der Waals surface area contributed by atoms with Crippen molar-refractivity contribution >= 4 is 24.0 Å². The van der Waals surface area contributed by atoms with Gasteiger partial charge in [0.05, 0.1) is 4.92 Å². The first-order valence-corrected chi connectivity index (χ1v) is 5.36. The Bertz CT molecular complexity index is 584. The van der Waals surface area contributed by atoms with Crippen LogP contribution in [0, 0.1) is 10.1 Å². The first-order chi connectivity index (χ1) is 8.09. The molecule has 0 unspecified atom stereocenters. The Balaban J connectivity index is 2.55. The normalized spacial score (nSPS) is 10.2. The van der Waals surface area contributed by atoms with Gasteiger partial charge in [-0.05, 0) is 17.7 Å². The molecule has 86 valence electrons. The summed E-state index contributed by atoms with van der Waals surface area (Å²) in [6.45, 7) is 0. The van der Waals surface area contributed by atoms with E-state index in [4.69, 9.17) is 5.73 Å². The molecule has 5 heteroatoms. The maximum atomic E-state index is 10.6. The van der Waals surface area contributed by atoms with Gasteiger partial charge in [0.2, 0.25) is 0 Å². The molecule has 0 bridgehead atoms. The number of hydrogen-bond acceptors (Lipinski definition) is 4. The standard InChI is InChI=1S/C12H10N2O2S/c13-11-7-8(14(15)16)5-6-9(11)10-3-1-2-4-12(10)17/h1-7,17H,13H2. The predicted octanol–water partition coefficient (Wildman–Crippen LogP) is 3.13. The van der Waals surface area contributed by atoms with Crippen LogP contribution in [-0.2, 0) is 0 Å². The third kappa shape index (κ3) is 2.24. The van der Waals surface area contributed by atoms with Crippen LogP contribution in [0.15, 0.2) is 47.4 Å². The summed E-state index contributed by atoms with van der Waals surface area (Å²) in [6, 6.07) is 11.9. The summed E-state index contributed by atoms with van der Waals surface area (Å²) >= 11 is 4.33. The van der Waals surface area contributed by atoms with Gasteiger partial charge in [-0.3, -0.25) is 10.1 Å². The Morgan fingerprint density at radius 3 is 2.41 bits per heavy atom. The monoisotopic (exact) mass is 246 g/mol. The van der Waals surface area contributed by atoms with Crippen molar-refractivity contribution in [2.45, 2.75) is 4.90 Å². The van der Waals surface area contributed by atoms with Crippen LogP contribution >= 0.6 is 12.6 Å². The van der Waals surface area contributed by atoms with Gasteiger partial charge >= 0.3 is 0 Å². The number of nitro groups is 1. The van der Waals surface area contributed by atoms with Gasteiger partial charge in [-0.2, -0.15) is 0 Å². The molecule has 0 saturated carbocycles. The number of nitro benzene ring substituents is 1. The van der Waals surface area contributed by atoms with Crippen molar-refractivity contribution in [3.63, 3.8) is 0 Å². The largest absolute Gasteiger partial charge is 0.398 e. The Labute approximate surface area is 104 Å². The molecule has 0 aliphatic rings. The molecule has 2 N–H and O–H groups in total. The molecule has 0 atom stereocenters. The lowest BCUT2D eigenvalue weighted by Crippen LogP contribution is -1.94. The third-order valence-corrected chi connectivity index (χ3v) is 2.83.